The molecule has 31 heavy (non-hydrogen) atoms. The van der Waals surface area contributed by atoms with Crippen molar-refractivity contribution in [2.24, 2.45) is 21.7 Å². The van der Waals surface area contributed by atoms with Gasteiger partial charge in [-0.3, -0.25) is 0 Å². The van der Waals surface area contributed by atoms with Crippen LogP contribution in [0.25, 0.3) is 0 Å². The molecule has 2 heteroatoms. The molecule has 0 saturated carbocycles. The molecule has 0 unspecified atom stereocenters. The van der Waals surface area contributed by atoms with Crippen molar-refractivity contribution in [1.29, 1.82) is 0 Å². The Morgan fingerprint density at radius 1 is 0.581 bits per heavy atom. The van der Waals surface area contributed by atoms with Gasteiger partial charge in [0.15, 0.2) is 0 Å². The van der Waals surface area contributed by atoms with Crippen LogP contribution < -0.4 is 0 Å². The van der Waals surface area contributed by atoms with Gasteiger partial charge in [-0.2, -0.15) is 0 Å². The zero-order valence-electron chi connectivity index (χ0n) is 21.9. The van der Waals surface area contributed by atoms with Crippen LogP contribution in [0.1, 0.15) is 83.1 Å². The molecule has 0 aliphatic carbocycles. The molecule has 1 radical (unpaired) electrons. The van der Waals surface area contributed by atoms with Gasteiger partial charge in [-0.1, -0.05) is 0 Å². The molecule has 2 aliphatic heterocycles. The molecular formula is C29H43Te2. The van der Waals surface area contributed by atoms with E-state index in [1.165, 1.54) is 11.1 Å². The Bertz CT molecular complexity index is 866. The van der Waals surface area contributed by atoms with Gasteiger partial charge in [-0.25, -0.2) is 0 Å². The SMILES string of the molecule is CC(C)(C)C1=CC(=CC=CC2=CC(C(C)(C)C)=[Te]C(C(C)(C)C)=C2)C=C(C(C)(C)C)[Te]1. The minimum atomic E-state index is -0.262. The standard InChI is InChI=1S/C29H43Te2/c1-26(2,3)22-16-20(17-23(30-22)27(4,5)6)14-13-15-21-18-24(28(7,8)9)31-25(19-21)29(10,11)12/h13-19H,1-12H3. The predicted octanol–water partition coefficient (Wildman–Crippen LogP) is 7.84. The summed E-state index contributed by atoms with van der Waals surface area (Å²) in [5.41, 5.74) is 3.74. The number of hydrogen-bond acceptors (Lipinski definition) is 0. The molecule has 0 aromatic heterocycles. The molecule has 0 aromatic rings. The first kappa shape index (κ1) is 27.1. The van der Waals surface area contributed by atoms with Gasteiger partial charge in [0.05, 0.1) is 0 Å². The van der Waals surface area contributed by atoms with E-state index in [9.17, 15) is 0 Å². The van der Waals surface area contributed by atoms with Crippen molar-refractivity contribution >= 4 is 44.9 Å². The molecule has 2 aliphatic rings. The maximum absolute atomic E-state index is 2.46. The Labute approximate surface area is 212 Å². The summed E-state index contributed by atoms with van der Waals surface area (Å²) in [6.45, 7) is 28.4. The van der Waals surface area contributed by atoms with E-state index in [0.717, 1.165) is 0 Å². The predicted molar refractivity (Wildman–Crippen MR) is 144 cm³/mol. The first-order chi connectivity index (χ1) is 13.9. The summed E-state index contributed by atoms with van der Waals surface area (Å²) in [7, 11) is 0. The van der Waals surface area contributed by atoms with E-state index >= 15 is 0 Å². The van der Waals surface area contributed by atoms with E-state index < -0.39 is 0 Å². The zero-order chi connectivity index (χ0) is 23.8. The van der Waals surface area contributed by atoms with Crippen LogP contribution in [0, 0.1) is 21.7 Å². The molecule has 0 atom stereocenters. The van der Waals surface area contributed by atoms with Gasteiger partial charge in [-0.15, -0.1) is 0 Å². The fourth-order valence-electron chi connectivity index (χ4n) is 2.98. The van der Waals surface area contributed by atoms with Gasteiger partial charge in [0.1, 0.15) is 0 Å². The first-order valence-electron chi connectivity index (χ1n) is 11.4. The van der Waals surface area contributed by atoms with Gasteiger partial charge < -0.3 is 0 Å². The topological polar surface area (TPSA) is 0 Å². The fraction of sp³-hybridized carbons (Fsp3) is 0.552. The average Bonchev–Trinajstić information content (AvgIpc) is 2.58. The third kappa shape index (κ3) is 8.01. The first-order valence-corrected chi connectivity index (χ1v) is 16.0. The molecule has 0 spiro atoms. The van der Waals surface area contributed by atoms with Crippen LogP contribution >= 0.6 is 0 Å². The third-order valence-electron chi connectivity index (χ3n) is 5.17. The second-order valence-electron chi connectivity index (χ2n) is 12.8. The Balaban J connectivity index is 2.43. The monoisotopic (exact) mass is 651 g/mol. The molecule has 0 saturated heterocycles. The van der Waals surface area contributed by atoms with Crippen LogP contribution in [-0.2, 0) is 0 Å². The van der Waals surface area contributed by atoms with Crippen LogP contribution in [0.2, 0.25) is 0 Å². The molecular weight excluding hydrogens is 604 g/mol. The van der Waals surface area contributed by atoms with Crippen molar-refractivity contribution in [3.8, 4) is 0 Å². The Morgan fingerprint density at radius 2 is 1.06 bits per heavy atom. The van der Waals surface area contributed by atoms with E-state index in [1.807, 2.05) is 0 Å². The van der Waals surface area contributed by atoms with Crippen LogP contribution in [0.3, 0.4) is 0 Å². The molecule has 0 N–H and O–H groups in total. The summed E-state index contributed by atoms with van der Waals surface area (Å²) in [4.78, 5) is 0. The van der Waals surface area contributed by atoms with Crippen molar-refractivity contribution in [3.05, 3.63) is 64.5 Å². The molecule has 171 valence electrons. The Morgan fingerprint density at radius 3 is 1.48 bits per heavy atom. The molecule has 2 rings (SSSR count). The van der Waals surface area contributed by atoms with Gasteiger partial charge in [0, 0.05) is 0 Å². The number of rotatable bonds is 2. The van der Waals surface area contributed by atoms with Gasteiger partial charge in [0.25, 0.3) is 0 Å². The summed E-state index contributed by atoms with van der Waals surface area (Å²) in [5, 5.41) is 0. The minimum absolute atomic E-state index is 0.257. The molecule has 0 bridgehead atoms. The zero-order valence-corrected chi connectivity index (χ0v) is 26.5. The van der Waals surface area contributed by atoms with Crippen molar-refractivity contribution in [3.63, 3.8) is 0 Å². The van der Waals surface area contributed by atoms with E-state index in [2.05, 4.69) is 126 Å². The summed E-state index contributed by atoms with van der Waals surface area (Å²) in [6.07, 6.45) is 16.8. The number of allylic oxidation sites excluding steroid dienone is 12. The van der Waals surface area contributed by atoms with Crippen LogP contribution in [-0.4, -0.2) is 44.9 Å². The van der Waals surface area contributed by atoms with Gasteiger partial charge >= 0.3 is 214 Å². The van der Waals surface area contributed by atoms with Crippen molar-refractivity contribution in [2.45, 2.75) is 83.1 Å². The quantitative estimate of drug-likeness (QED) is 0.268. The van der Waals surface area contributed by atoms with Gasteiger partial charge in [-0.05, 0) is 0 Å². The van der Waals surface area contributed by atoms with Crippen molar-refractivity contribution < 1.29 is 0 Å². The molecule has 0 nitrogen and oxygen atoms in total. The molecule has 0 aromatic carbocycles. The van der Waals surface area contributed by atoms with Crippen LogP contribution in [0.15, 0.2) is 64.5 Å². The number of hydrogen-bond donors (Lipinski definition) is 0. The Kier molecular flexibility index (Phi) is 8.43. The van der Waals surface area contributed by atoms with E-state index in [1.54, 1.807) is 14.4 Å². The van der Waals surface area contributed by atoms with Crippen molar-refractivity contribution in [2.75, 3.05) is 0 Å². The van der Waals surface area contributed by atoms with Crippen LogP contribution in [0.4, 0.5) is 0 Å². The summed E-state index contributed by atoms with van der Waals surface area (Å²) in [6, 6.07) is 0. The third-order valence-corrected chi connectivity index (χ3v) is 16.0. The average molecular weight is 647 g/mol. The van der Waals surface area contributed by atoms with E-state index in [4.69, 9.17) is 0 Å². The van der Waals surface area contributed by atoms with Crippen LogP contribution in [0.5, 0.6) is 0 Å². The molecule has 0 fully saturated rings. The normalized spacial score (nSPS) is 19.0. The second-order valence-corrected chi connectivity index (χ2v) is 19.0. The molecule has 0 amide bonds. The van der Waals surface area contributed by atoms with Crippen molar-refractivity contribution in [1.82, 2.24) is 0 Å². The fourth-order valence-corrected chi connectivity index (χ4v) is 10.1. The second kappa shape index (κ2) is 9.63. The maximum atomic E-state index is 2.46. The van der Waals surface area contributed by atoms with Gasteiger partial charge in [0.2, 0.25) is 0 Å². The summed E-state index contributed by atoms with van der Waals surface area (Å²) >= 11 is -0.524. The summed E-state index contributed by atoms with van der Waals surface area (Å²) < 4.78 is 6.63. The van der Waals surface area contributed by atoms with E-state index in [0.29, 0.717) is 0 Å². The molecule has 2 heterocycles. The summed E-state index contributed by atoms with van der Waals surface area (Å²) in [5.74, 6) is 0. The van der Waals surface area contributed by atoms with E-state index in [-0.39, 0.29) is 63.0 Å². The Hall–Kier alpha value is -0.111.